The van der Waals surface area contributed by atoms with Crippen LogP contribution in [0.15, 0.2) is 0 Å². The fourth-order valence-corrected chi connectivity index (χ4v) is 0.827. The van der Waals surface area contributed by atoms with Gasteiger partial charge in [0.25, 0.3) is 0 Å². The van der Waals surface area contributed by atoms with E-state index in [4.69, 9.17) is 9.16 Å². The van der Waals surface area contributed by atoms with Gasteiger partial charge in [-0.3, -0.25) is 0 Å². The summed E-state index contributed by atoms with van der Waals surface area (Å²) in [5, 5.41) is 0. The Morgan fingerprint density at radius 2 is 2.57 bits per heavy atom. The number of hydrogen-bond donors (Lipinski definition) is 0. The lowest BCUT2D eigenvalue weighted by molar-refractivity contribution is -0.0342. The summed E-state index contributed by atoms with van der Waals surface area (Å²) in [6, 6.07) is 0. The quantitative estimate of drug-likeness (QED) is 0.455. The smallest absolute Gasteiger partial charge is 0.249 e. The molecule has 0 aromatic heterocycles. The topological polar surface area (TPSA) is 18.5 Å². The van der Waals surface area contributed by atoms with Crippen molar-refractivity contribution in [3.8, 4) is 0 Å². The third kappa shape index (κ3) is 1.26. The summed E-state index contributed by atoms with van der Waals surface area (Å²) in [4.78, 5) is 0. The molecule has 3 heteroatoms. The van der Waals surface area contributed by atoms with E-state index >= 15 is 0 Å². The first-order valence-corrected chi connectivity index (χ1v) is 2.78. The highest BCUT2D eigenvalue weighted by Gasteiger charge is 2.12. The fraction of sp³-hybridized carbons (Fsp3) is 1.00. The molecule has 1 fully saturated rings. The van der Waals surface area contributed by atoms with Crippen molar-refractivity contribution in [2.75, 3.05) is 6.61 Å². The molecule has 7 heavy (non-hydrogen) atoms. The normalized spacial score (nSPS) is 31.3. The Bertz CT molecular complexity index is 51.7. The summed E-state index contributed by atoms with van der Waals surface area (Å²) >= 11 is 0. The van der Waals surface area contributed by atoms with Crippen molar-refractivity contribution in [2.45, 2.75) is 19.1 Å². The Morgan fingerprint density at radius 3 is 2.86 bits per heavy atom. The molecule has 1 rings (SSSR count). The maximum absolute atomic E-state index is 5.03. The standard InChI is InChI=1S/C4H7O2Si/c7-6-4-2-1-3-5-4/h4H,1-3H2. The number of rotatable bonds is 1. The van der Waals surface area contributed by atoms with Crippen molar-refractivity contribution in [1.29, 1.82) is 0 Å². The molecule has 0 saturated carbocycles. The molecule has 1 heterocycles. The van der Waals surface area contributed by atoms with E-state index in [-0.39, 0.29) is 6.29 Å². The minimum absolute atomic E-state index is 0.0108. The molecule has 0 N–H and O–H groups in total. The lowest BCUT2D eigenvalue weighted by atomic mass is 10.4. The van der Waals surface area contributed by atoms with Crippen LogP contribution in [0.5, 0.6) is 0 Å². The Morgan fingerprint density at radius 1 is 1.71 bits per heavy atom. The van der Waals surface area contributed by atoms with Crippen LogP contribution in [0, 0.1) is 0 Å². The molecule has 1 atom stereocenters. The zero-order valence-electron chi connectivity index (χ0n) is 4.02. The van der Waals surface area contributed by atoms with Crippen molar-refractivity contribution in [1.82, 2.24) is 0 Å². The lowest BCUT2D eigenvalue weighted by Gasteiger charge is -2.03. The average molecular weight is 115 g/mol. The molecular formula is C4H7O2Si. The first-order chi connectivity index (χ1) is 3.43. The Hall–Kier alpha value is 0.137. The fourth-order valence-electron chi connectivity index (χ4n) is 0.641. The van der Waals surface area contributed by atoms with Crippen molar-refractivity contribution < 1.29 is 9.16 Å². The van der Waals surface area contributed by atoms with Gasteiger partial charge in [0.15, 0.2) is 0 Å². The van der Waals surface area contributed by atoms with Gasteiger partial charge in [0.1, 0.15) is 6.29 Å². The van der Waals surface area contributed by atoms with Crippen molar-refractivity contribution in [2.24, 2.45) is 0 Å². The molecule has 0 aromatic rings. The van der Waals surface area contributed by atoms with Crippen LogP contribution in [0.1, 0.15) is 12.8 Å². The lowest BCUT2D eigenvalue weighted by Crippen LogP contribution is -2.06. The van der Waals surface area contributed by atoms with Gasteiger partial charge in [-0.2, -0.15) is 0 Å². The van der Waals surface area contributed by atoms with Gasteiger partial charge in [-0.1, -0.05) is 0 Å². The zero-order valence-corrected chi connectivity index (χ0v) is 5.02. The molecule has 1 unspecified atom stereocenters. The minimum Gasteiger partial charge on any atom is -0.394 e. The largest absolute Gasteiger partial charge is 0.394 e. The van der Waals surface area contributed by atoms with Crippen molar-refractivity contribution in [3.63, 3.8) is 0 Å². The number of ether oxygens (including phenoxy) is 1. The molecule has 0 bridgehead atoms. The van der Waals surface area contributed by atoms with Gasteiger partial charge in [-0.15, -0.1) is 0 Å². The van der Waals surface area contributed by atoms with Crippen LogP contribution in [0.25, 0.3) is 0 Å². The van der Waals surface area contributed by atoms with E-state index in [1.165, 1.54) is 0 Å². The maximum atomic E-state index is 5.03. The number of hydrogen-bond acceptors (Lipinski definition) is 2. The second-order valence-electron chi connectivity index (χ2n) is 1.56. The second-order valence-corrected chi connectivity index (χ2v) is 1.80. The first kappa shape index (κ1) is 5.28. The molecule has 0 spiro atoms. The second kappa shape index (κ2) is 2.45. The summed E-state index contributed by atoms with van der Waals surface area (Å²) < 4.78 is 9.73. The van der Waals surface area contributed by atoms with Gasteiger partial charge in [-0.25, -0.2) is 0 Å². The highest BCUT2D eigenvalue weighted by Crippen LogP contribution is 2.10. The Balaban J connectivity index is 2.14. The summed E-state index contributed by atoms with van der Waals surface area (Å²) in [6.07, 6.45) is 2.15. The van der Waals surface area contributed by atoms with E-state index in [0.717, 1.165) is 19.4 Å². The molecule has 2 nitrogen and oxygen atoms in total. The van der Waals surface area contributed by atoms with Crippen molar-refractivity contribution in [3.05, 3.63) is 0 Å². The minimum atomic E-state index is 0.0108. The molecule has 0 amide bonds. The Labute approximate surface area is 46.3 Å². The first-order valence-electron chi connectivity index (χ1n) is 2.37. The van der Waals surface area contributed by atoms with E-state index in [1.807, 2.05) is 0 Å². The van der Waals surface area contributed by atoms with Crippen molar-refractivity contribution >= 4 is 10.5 Å². The molecule has 1 saturated heterocycles. The van der Waals surface area contributed by atoms with Gasteiger partial charge in [-0.05, 0) is 12.8 Å². The van der Waals surface area contributed by atoms with Gasteiger partial charge < -0.3 is 9.16 Å². The van der Waals surface area contributed by atoms with Crippen LogP contribution in [-0.4, -0.2) is 23.4 Å². The SMILES string of the molecule is [Si]OC1CCCO1. The highest BCUT2D eigenvalue weighted by atomic mass is 28.2. The van der Waals surface area contributed by atoms with Gasteiger partial charge in [0.05, 0.1) is 0 Å². The third-order valence-electron chi connectivity index (χ3n) is 1.02. The third-order valence-corrected chi connectivity index (χ3v) is 1.28. The van der Waals surface area contributed by atoms with Gasteiger partial charge >= 0.3 is 0 Å². The van der Waals surface area contributed by atoms with Crippen LogP contribution < -0.4 is 0 Å². The molecule has 0 aromatic carbocycles. The summed E-state index contributed by atoms with van der Waals surface area (Å²) in [6.45, 7) is 0.842. The predicted molar refractivity (Wildman–Crippen MR) is 25.8 cm³/mol. The van der Waals surface area contributed by atoms with Gasteiger partial charge in [0, 0.05) is 6.61 Å². The van der Waals surface area contributed by atoms with E-state index in [9.17, 15) is 0 Å². The highest BCUT2D eigenvalue weighted by molar-refractivity contribution is 5.98. The van der Waals surface area contributed by atoms with Gasteiger partial charge in [0.2, 0.25) is 10.5 Å². The van der Waals surface area contributed by atoms with E-state index in [2.05, 4.69) is 10.5 Å². The Kier molecular flexibility index (Phi) is 1.84. The summed E-state index contributed by atoms with van der Waals surface area (Å²) in [5.41, 5.74) is 0. The van der Waals surface area contributed by atoms with Crippen LogP contribution >= 0.6 is 0 Å². The van der Waals surface area contributed by atoms with Crippen LogP contribution in [0.2, 0.25) is 0 Å². The van der Waals surface area contributed by atoms with Crippen LogP contribution in [0.4, 0.5) is 0 Å². The molecule has 39 valence electrons. The van der Waals surface area contributed by atoms with E-state index in [0.29, 0.717) is 0 Å². The predicted octanol–water partition coefficient (Wildman–Crippen LogP) is 0.223. The molecule has 0 aliphatic carbocycles. The zero-order chi connectivity index (χ0) is 5.11. The van der Waals surface area contributed by atoms with E-state index < -0.39 is 0 Å². The monoisotopic (exact) mass is 115 g/mol. The summed E-state index contributed by atoms with van der Waals surface area (Å²) in [7, 11) is 2.89. The summed E-state index contributed by atoms with van der Waals surface area (Å²) in [5.74, 6) is 0. The van der Waals surface area contributed by atoms with E-state index in [1.54, 1.807) is 0 Å². The average Bonchev–Trinajstić information content (AvgIpc) is 2.14. The van der Waals surface area contributed by atoms with Crippen LogP contribution in [-0.2, 0) is 9.16 Å². The molecule has 1 aliphatic rings. The molecule has 1 aliphatic heterocycles. The molecular weight excluding hydrogens is 108 g/mol. The maximum Gasteiger partial charge on any atom is 0.249 e. The molecule has 3 radical (unpaired) electrons. The van der Waals surface area contributed by atoms with Crippen LogP contribution in [0.3, 0.4) is 0 Å².